The average Bonchev–Trinajstić information content (AvgIpc) is 3.34. The molecular formula is C25H30FN5O2. The molecule has 4 rings (SSSR count). The van der Waals surface area contributed by atoms with Gasteiger partial charge in [0.15, 0.2) is 11.6 Å². The summed E-state index contributed by atoms with van der Waals surface area (Å²) in [6, 6.07) is 17.4. The largest absolute Gasteiger partial charge is 0.492 e. The van der Waals surface area contributed by atoms with Crippen LogP contribution in [0.15, 0.2) is 60.8 Å². The van der Waals surface area contributed by atoms with Gasteiger partial charge in [-0.3, -0.25) is 4.84 Å². The first-order valence-corrected chi connectivity index (χ1v) is 11.4. The lowest BCUT2D eigenvalue weighted by Crippen LogP contribution is -2.27. The van der Waals surface area contributed by atoms with Crippen LogP contribution in [0.4, 0.5) is 21.8 Å². The van der Waals surface area contributed by atoms with Crippen molar-refractivity contribution < 1.29 is 14.0 Å². The Morgan fingerprint density at radius 2 is 1.88 bits per heavy atom. The first-order valence-electron chi connectivity index (χ1n) is 11.4. The van der Waals surface area contributed by atoms with Gasteiger partial charge in [0.2, 0.25) is 5.95 Å². The summed E-state index contributed by atoms with van der Waals surface area (Å²) in [4.78, 5) is 16.5. The number of nitrogens with one attached hydrogen (secondary N) is 1. The van der Waals surface area contributed by atoms with Crippen molar-refractivity contribution in [1.82, 2.24) is 14.9 Å². The van der Waals surface area contributed by atoms with E-state index in [1.807, 2.05) is 54.6 Å². The maximum Gasteiger partial charge on any atom is 0.229 e. The summed E-state index contributed by atoms with van der Waals surface area (Å²) in [5.41, 5.74) is 1.84. The van der Waals surface area contributed by atoms with Gasteiger partial charge in [0.05, 0.1) is 18.8 Å². The molecule has 1 fully saturated rings. The number of nitrogens with zero attached hydrogens (tertiary/aromatic N) is 4. The Balaban J connectivity index is 1.42. The van der Waals surface area contributed by atoms with E-state index in [1.54, 1.807) is 5.06 Å². The fourth-order valence-electron chi connectivity index (χ4n) is 3.82. The van der Waals surface area contributed by atoms with Crippen molar-refractivity contribution in [1.29, 1.82) is 0 Å². The molecule has 0 radical (unpaired) electrons. The monoisotopic (exact) mass is 451 g/mol. The van der Waals surface area contributed by atoms with Gasteiger partial charge < -0.3 is 15.0 Å². The Morgan fingerprint density at radius 1 is 1.12 bits per heavy atom. The molecule has 0 saturated carbocycles. The predicted molar refractivity (Wildman–Crippen MR) is 127 cm³/mol. The molecule has 33 heavy (non-hydrogen) atoms. The average molecular weight is 452 g/mol. The van der Waals surface area contributed by atoms with Crippen molar-refractivity contribution >= 4 is 17.5 Å². The van der Waals surface area contributed by atoms with Crippen LogP contribution in [-0.4, -0.2) is 47.7 Å². The van der Waals surface area contributed by atoms with Crippen LogP contribution in [0.3, 0.4) is 0 Å². The summed E-state index contributed by atoms with van der Waals surface area (Å²) in [7, 11) is 0. The zero-order valence-corrected chi connectivity index (χ0v) is 19.1. The van der Waals surface area contributed by atoms with Gasteiger partial charge in [-0.05, 0) is 42.9 Å². The molecule has 1 aliphatic heterocycles. The molecule has 174 valence electrons. The van der Waals surface area contributed by atoms with Gasteiger partial charge in [-0.2, -0.15) is 4.98 Å². The van der Waals surface area contributed by atoms with Crippen molar-refractivity contribution in [3.05, 3.63) is 72.2 Å². The van der Waals surface area contributed by atoms with Crippen molar-refractivity contribution in [2.45, 2.75) is 26.3 Å². The van der Waals surface area contributed by atoms with Crippen LogP contribution in [0.25, 0.3) is 0 Å². The molecule has 0 bridgehead atoms. The Hall–Kier alpha value is -3.23. The number of hydroxylamine groups is 1. The minimum atomic E-state index is -0.527. The molecule has 0 aliphatic carbocycles. The molecular weight excluding hydrogens is 421 g/mol. The quantitative estimate of drug-likeness (QED) is 0.467. The summed E-state index contributed by atoms with van der Waals surface area (Å²) >= 11 is 0. The third-order valence-electron chi connectivity index (χ3n) is 5.70. The van der Waals surface area contributed by atoms with Gasteiger partial charge in [0.1, 0.15) is 12.4 Å². The normalized spacial score (nSPS) is 15.8. The maximum atomic E-state index is 14.6. The van der Waals surface area contributed by atoms with Gasteiger partial charge in [0, 0.05) is 18.7 Å². The van der Waals surface area contributed by atoms with Crippen molar-refractivity contribution in [3.63, 3.8) is 0 Å². The molecule has 3 aromatic rings. The van der Waals surface area contributed by atoms with Crippen LogP contribution in [0.5, 0.6) is 5.75 Å². The van der Waals surface area contributed by atoms with Crippen LogP contribution in [0.2, 0.25) is 0 Å². The summed E-state index contributed by atoms with van der Waals surface area (Å²) in [5.74, 6) is 0.684. The van der Waals surface area contributed by atoms with Crippen LogP contribution >= 0.6 is 0 Å². The second kappa shape index (κ2) is 11.1. The zero-order valence-electron chi connectivity index (χ0n) is 19.1. The summed E-state index contributed by atoms with van der Waals surface area (Å²) < 4.78 is 20.5. The number of likely N-dealkylation sites (N-methyl/N-ethyl adjacent to an activating group) is 1. The molecule has 2 heterocycles. The van der Waals surface area contributed by atoms with Crippen LogP contribution < -0.4 is 15.1 Å². The van der Waals surface area contributed by atoms with E-state index in [4.69, 9.17) is 9.57 Å². The van der Waals surface area contributed by atoms with E-state index in [0.717, 1.165) is 43.1 Å². The van der Waals surface area contributed by atoms with Crippen LogP contribution in [0, 0.1) is 5.82 Å². The predicted octanol–water partition coefficient (Wildman–Crippen LogP) is 4.96. The standard InChI is InChI=1S/C25H30FN5O2/c1-3-30(4-2)15-17-32-21-12-10-20(11-13-21)28-25-27-18-22(26)24(29-25)31-23(14-16-33-31)19-8-6-5-7-9-19/h5-13,18,23H,3-4,14-17H2,1-2H3,(H,27,28,29). The van der Waals surface area contributed by atoms with Crippen molar-refractivity contribution in [2.24, 2.45) is 0 Å². The van der Waals surface area contributed by atoms with Crippen LogP contribution in [0.1, 0.15) is 31.9 Å². The van der Waals surface area contributed by atoms with E-state index in [0.29, 0.717) is 19.2 Å². The number of rotatable bonds is 10. The van der Waals surface area contributed by atoms with E-state index in [1.165, 1.54) is 6.20 Å². The molecule has 8 heteroatoms. The van der Waals surface area contributed by atoms with E-state index >= 15 is 0 Å². The molecule has 1 unspecified atom stereocenters. The molecule has 2 aromatic carbocycles. The highest BCUT2D eigenvalue weighted by Crippen LogP contribution is 2.35. The Morgan fingerprint density at radius 3 is 2.61 bits per heavy atom. The van der Waals surface area contributed by atoms with Gasteiger partial charge in [0.25, 0.3) is 0 Å². The highest BCUT2D eigenvalue weighted by atomic mass is 19.1. The molecule has 1 N–H and O–H groups in total. The molecule has 7 nitrogen and oxygen atoms in total. The highest BCUT2D eigenvalue weighted by molar-refractivity contribution is 5.56. The molecule has 1 atom stereocenters. The number of anilines is 3. The lowest BCUT2D eigenvalue weighted by molar-refractivity contribution is 0.154. The third-order valence-corrected chi connectivity index (χ3v) is 5.70. The first-order chi connectivity index (χ1) is 16.2. The Bertz CT molecular complexity index is 1020. The number of halogens is 1. The second-order valence-corrected chi connectivity index (χ2v) is 7.76. The molecule has 0 amide bonds. The van der Waals surface area contributed by atoms with E-state index in [-0.39, 0.29) is 11.9 Å². The van der Waals surface area contributed by atoms with E-state index in [2.05, 4.69) is 34.0 Å². The third kappa shape index (κ3) is 5.77. The Labute approximate surface area is 194 Å². The number of aromatic nitrogens is 2. The van der Waals surface area contributed by atoms with E-state index in [9.17, 15) is 4.39 Å². The minimum absolute atomic E-state index is 0.101. The lowest BCUT2D eigenvalue weighted by atomic mass is 10.0. The zero-order chi connectivity index (χ0) is 23.0. The Kier molecular flexibility index (Phi) is 7.70. The van der Waals surface area contributed by atoms with Crippen molar-refractivity contribution in [3.8, 4) is 5.75 Å². The number of ether oxygens (including phenoxy) is 1. The van der Waals surface area contributed by atoms with Gasteiger partial charge in [-0.25, -0.2) is 14.4 Å². The highest BCUT2D eigenvalue weighted by Gasteiger charge is 2.31. The maximum absolute atomic E-state index is 14.6. The second-order valence-electron chi connectivity index (χ2n) is 7.76. The summed E-state index contributed by atoms with van der Waals surface area (Å²) in [6.45, 7) is 8.34. The SMILES string of the molecule is CCN(CC)CCOc1ccc(Nc2ncc(F)c(N3OCCC3c3ccccc3)n2)cc1. The first kappa shape index (κ1) is 22.9. The molecule has 1 saturated heterocycles. The van der Waals surface area contributed by atoms with Gasteiger partial charge in [-0.1, -0.05) is 44.2 Å². The number of benzene rings is 2. The molecule has 0 spiro atoms. The van der Waals surface area contributed by atoms with Gasteiger partial charge in [-0.15, -0.1) is 0 Å². The van der Waals surface area contributed by atoms with E-state index < -0.39 is 5.82 Å². The van der Waals surface area contributed by atoms with Crippen molar-refractivity contribution in [2.75, 3.05) is 43.2 Å². The summed E-state index contributed by atoms with van der Waals surface area (Å²) in [5, 5.41) is 4.68. The topological polar surface area (TPSA) is 62.8 Å². The van der Waals surface area contributed by atoms with Gasteiger partial charge >= 0.3 is 0 Å². The smallest absolute Gasteiger partial charge is 0.229 e. The summed E-state index contributed by atoms with van der Waals surface area (Å²) in [6.07, 6.45) is 1.92. The molecule has 1 aromatic heterocycles. The minimum Gasteiger partial charge on any atom is -0.492 e. The number of hydrogen-bond acceptors (Lipinski definition) is 7. The van der Waals surface area contributed by atoms with Crippen LogP contribution in [-0.2, 0) is 4.84 Å². The molecule has 1 aliphatic rings. The number of hydrogen-bond donors (Lipinski definition) is 1. The fourth-order valence-corrected chi connectivity index (χ4v) is 3.82. The lowest BCUT2D eigenvalue weighted by Gasteiger charge is -2.24. The fraction of sp³-hybridized carbons (Fsp3) is 0.360.